The van der Waals surface area contributed by atoms with E-state index in [1.807, 2.05) is 13.8 Å². The number of aromatic nitrogens is 1. The van der Waals surface area contributed by atoms with E-state index in [1.165, 1.54) is 12.1 Å². The van der Waals surface area contributed by atoms with Crippen LogP contribution in [0.5, 0.6) is 5.75 Å². The number of nitrogens with zero attached hydrogens (tertiary/aromatic N) is 1. The molecule has 1 aromatic carbocycles. The van der Waals surface area contributed by atoms with Crippen LogP contribution in [0.4, 0.5) is 14.9 Å². The predicted molar refractivity (Wildman–Crippen MR) is 86.5 cm³/mol. The molecule has 7 heteroatoms. The summed E-state index contributed by atoms with van der Waals surface area (Å²) in [5, 5.41) is 5.18. The highest BCUT2D eigenvalue weighted by Gasteiger charge is 2.20. The molecular weight excluding hydrogens is 313 g/mol. The third kappa shape index (κ3) is 3.84. The highest BCUT2D eigenvalue weighted by Crippen LogP contribution is 2.28. The summed E-state index contributed by atoms with van der Waals surface area (Å²) >= 11 is 0. The van der Waals surface area contributed by atoms with E-state index in [0.717, 1.165) is 30.7 Å². The number of anilines is 1. The van der Waals surface area contributed by atoms with Crippen molar-refractivity contribution in [2.24, 2.45) is 0 Å². The molecule has 1 aliphatic carbocycles. The number of hydrogen-bond donors (Lipinski definition) is 2. The number of oxazole rings is 1. The highest BCUT2D eigenvalue weighted by atomic mass is 19.1. The summed E-state index contributed by atoms with van der Waals surface area (Å²) in [6.45, 7) is 3.80. The van der Waals surface area contributed by atoms with Crippen LogP contribution in [-0.2, 0) is 6.54 Å². The minimum Gasteiger partial charge on any atom is -0.487 e. The molecule has 1 heterocycles. The number of benzene rings is 1. The lowest BCUT2D eigenvalue weighted by Crippen LogP contribution is -2.28. The SMILES string of the molecule is Cc1nc(CNC(=O)Nc2ccc(OC3CCC3)c(F)c2)oc1C. The van der Waals surface area contributed by atoms with Gasteiger partial charge in [0.15, 0.2) is 11.6 Å². The molecule has 1 fully saturated rings. The Bertz CT molecular complexity index is 721. The maximum absolute atomic E-state index is 14.0. The van der Waals surface area contributed by atoms with Crippen molar-refractivity contribution in [1.82, 2.24) is 10.3 Å². The van der Waals surface area contributed by atoms with Crippen LogP contribution < -0.4 is 15.4 Å². The summed E-state index contributed by atoms with van der Waals surface area (Å²) in [6, 6.07) is 3.92. The molecule has 0 atom stereocenters. The molecular formula is C17H20FN3O3. The average Bonchev–Trinajstić information content (AvgIpc) is 2.81. The van der Waals surface area contributed by atoms with Crippen molar-refractivity contribution in [3.05, 3.63) is 41.4 Å². The number of aryl methyl sites for hydroxylation is 2. The minimum atomic E-state index is -0.487. The molecule has 2 N–H and O–H groups in total. The van der Waals surface area contributed by atoms with E-state index in [0.29, 0.717) is 11.6 Å². The number of carbonyl (C=O) groups excluding carboxylic acids is 1. The fourth-order valence-corrected chi connectivity index (χ4v) is 2.29. The molecule has 1 aliphatic rings. The Balaban J connectivity index is 1.52. The first-order valence-electron chi connectivity index (χ1n) is 7.95. The van der Waals surface area contributed by atoms with Crippen molar-refractivity contribution < 1.29 is 18.3 Å². The van der Waals surface area contributed by atoms with Crippen LogP contribution in [-0.4, -0.2) is 17.1 Å². The molecule has 6 nitrogen and oxygen atoms in total. The average molecular weight is 333 g/mol. The van der Waals surface area contributed by atoms with Gasteiger partial charge in [-0.3, -0.25) is 0 Å². The zero-order chi connectivity index (χ0) is 17.1. The third-order valence-corrected chi connectivity index (χ3v) is 4.01. The first-order valence-corrected chi connectivity index (χ1v) is 7.95. The molecule has 0 spiro atoms. The molecule has 1 saturated carbocycles. The number of halogens is 1. The van der Waals surface area contributed by atoms with Gasteiger partial charge in [-0.2, -0.15) is 0 Å². The van der Waals surface area contributed by atoms with Gasteiger partial charge in [-0.1, -0.05) is 0 Å². The van der Waals surface area contributed by atoms with Crippen LogP contribution in [0.3, 0.4) is 0 Å². The lowest BCUT2D eigenvalue weighted by atomic mass is 9.96. The monoisotopic (exact) mass is 333 g/mol. The van der Waals surface area contributed by atoms with Gasteiger partial charge in [-0.25, -0.2) is 14.2 Å². The maximum atomic E-state index is 14.0. The Hall–Kier alpha value is -2.57. The molecule has 1 aromatic heterocycles. The molecule has 0 unspecified atom stereocenters. The van der Waals surface area contributed by atoms with Crippen molar-refractivity contribution in [2.45, 2.75) is 45.8 Å². The summed E-state index contributed by atoms with van der Waals surface area (Å²) < 4.78 is 24.9. The molecule has 2 amide bonds. The van der Waals surface area contributed by atoms with Crippen LogP contribution >= 0.6 is 0 Å². The fourth-order valence-electron chi connectivity index (χ4n) is 2.29. The Morgan fingerprint density at radius 2 is 2.21 bits per heavy atom. The number of amides is 2. The summed E-state index contributed by atoms with van der Waals surface area (Å²) in [4.78, 5) is 16.0. The molecule has 0 bridgehead atoms. The molecule has 128 valence electrons. The second-order valence-corrected chi connectivity index (χ2v) is 5.87. The fraction of sp³-hybridized carbons (Fsp3) is 0.412. The Kier molecular flexibility index (Phi) is 4.69. The van der Waals surface area contributed by atoms with E-state index in [2.05, 4.69) is 15.6 Å². The van der Waals surface area contributed by atoms with E-state index in [9.17, 15) is 9.18 Å². The van der Waals surface area contributed by atoms with Crippen LogP contribution in [0, 0.1) is 19.7 Å². The van der Waals surface area contributed by atoms with E-state index in [1.54, 1.807) is 6.07 Å². The van der Waals surface area contributed by atoms with Crippen molar-refractivity contribution in [3.8, 4) is 5.75 Å². The van der Waals surface area contributed by atoms with Crippen molar-refractivity contribution in [1.29, 1.82) is 0 Å². The minimum absolute atomic E-state index is 0.106. The Labute approximate surface area is 139 Å². The zero-order valence-corrected chi connectivity index (χ0v) is 13.7. The summed E-state index contributed by atoms with van der Waals surface area (Å²) in [6.07, 6.45) is 3.15. The van der Waals surface area contributed by atoms with E-state index in [-0.39, 0.29) is 18.4 Å². The Morgan fingerprint density at radius 3 is 2.79 bits per heavy atom. The van der Waals surface area contributed by atoms with Gasteiger partial charge in [0.2, 0.25) is 5.89 Å². The summed E-state index contributed by atoms with van der Waals surface area (Å²) in [5.74, 6) is 0.877. The van der Waals surface area contributed by atoms with E-state index in [4.69, 9.17) is 9.15 Å². The molecule has 2 aromatic rings. The highest BCUT2D eigenvalue weighted by molar-refractivity contribution is 5.89. The first-order chi connectivity index (χ1) is 11.5. The largest absolute Gasteiger partial charge is 0.487 e. The molecule has 24 heavy (non-hydrogen) atoms. The lowest BCUT2D eigenvalue weighted by Gasteiger charge is -2.26. The molecule has 0 saturated heterocycles. The normalized spacial score (nSPS) is 14.1. The van der Waals surface area contributed by atoms with Crippen molar-refractivity contribution in [2.75, 3.05) is 5.32 Å². The first kappa shape index (κ1) is 16.3. The van der Waals surface area contributed by atoms with Gasteiger partial charge in [0.25, 0.3) is 0 Å². The standard InChI is InChI=1S/C17H20FN3O3/c1-10-11(2)23-16(20-10)9-19-17(22)21-12-6-7-15(14(18)8-12)24-13-4-3-5-13/h6-8,13H,3-5,9H2,1-2H3,(H2,19,21,22). The number of nitrogens with one attached hydrogen (secondary N) is 2. The molecule has 3 rings (SSSR count). The topological polar surface area (TPSA) is 76.4 Å². The van der Waals surface area contributed by atoms with Gasteiger partial charge in [-0.15, -0.1) is 0 Å². The number of ether oxygens (including phenoxy) is 1. The van der Waals surface area contributed by atoms with E-state index < -0.39 is 11.8 Å². The van der Waals surface area contributed by atoms with E-state index >= 15 is 0 Å². The molecule has 0 aliphatic heterocycles. The summed E-state index contributed by atoms with van der Waals surface area (Å²) in [5.41, 5.74) is 1.14. The zero-order valence-electron chi connectivity index (χ0n) is 13.7. The second-order valence-electron chi connectivity index (χ2n) is 5.87. The van der Waals surface area contributed by atoms with Gasteiger partial charge >= 0.3 is 6.03 Å². The lowest BCUT2D eigenvalue weighted by molar-refractivity contribution is 0.115. The third-order valence-electron chi connectivity index (χ3n) is 4.01. The Morgan fingerprint density at radius 1 is 1.42 bits per heavy atom. The van der Waals surface area contributed by atoms with Gasteiger partial charge in [0.1, 0.15) is 5.76 Å². The van der Waals surface area contributed by atoms with Crippen molar-refractivity contribution in [3.63, 3.8) is 0 Å². The number of hydrogen-bond acceptors (Lipinski definition) is 4. The summed E-state index contributed by atoms with van der Waals surface area (Å²) in [7, 11) is 0. The second kappa shape index (κ2) is 6.90. The quantitative estimate of drug-likeness (QED) is 0.875. The van der Waals surface area contributed by atoms with Crippen LogP contribution in [0.25, 0.3) is 0 Å². The van der Waals surface area contributed by atoms with Crippen LogP contribution in [0.2, 0.25) is 0 Å². The van der Waals surface area contributed by atoms with Gasteiger partial charge in [-0.05, 0) is 45.2 Å². The smallest absolute Gasteiger partial charge is 0.319 e. The number of carbonyl (C=O) groups is 1. The number of rotatable bonds is 5. The predicted octanol–water partition coefficient (Wildman–Crippen LogP) is 3.68. The molecule has 0 radical (unpaired) electrons. The van der Waals surface area contributed by atoms with Crippen LogP contribution in [0.15, 0.2) is 22.6 Å². The van der Waals surface area contributed by atoms with Gasteiger partial charge < -0.3 is 19.8 Å². The van der Waals surface area contributed by atoms with Crippen LogP contribution in [0.1, 0.15) is 36.6 Å². The number of urea groups is 1. The van der Waals surface area contributed by atoms with Crippen molar-refractivity contribution >= 4 is 11.7 Å². The van der Waals surface area contributed by atoms with Gasteiger partial charge in [0, 0.05) is 11.8 Å². The maximum Gasteiger partial charge on any atom is 0.319 e. The van der Waals surface area contributed by atoms with Gasteiger partial charge in [0.05, 0.1) is 18.3 Å².